The van der Waals surface area contributed by atoms with Gasteiger partial charge in [-0.1, -0.05) is 38.1 Å². The van der Waals surface area contributed by atoms with Crippen molar-refractivity contribution in [3.8, 4) is 5.75 Å². The van der Waals surface area contributed by atoms with E-state index >= 15 is 0 Å². The van der Waals surface area contributed by atoms with E-state index < -0.39 is 0 Å². The summed E-state index contributed by atoms with van der Waals surface area (Å²) in [7, 11) is 0. The van der Waals surface area contributed by atoms with Gasteiger partial charge in [-0.3, -0.25) is 0 Å². The summed E-state index contributed by atoms with van der Waals surface area (Å²) < 4.78 is 5.97. The standard InChI is InChI=1S/C24H30N2O.ClH/c1-17(2)18-8-10-20(11-9-18)27-16-4-6-19-5-3-7-23-24(19)21-12-14-25-15-13-22(21)26-23;/h3,5,7-11,17,25-26H,4,6,12-16H2,1-2H3;1H. The first-order chi connectivity index (χ1) is 13.2. The van der Waals surface area contributed by atoms with Crippen molar-refractivity contribution in [2.24, 2.45) is 0 Å². The number of ether oxygens (including phenoxy) is 1. The van der Waals surface area contributed by atoms with Crippen LogP contribution >= 0.6 is 12.4 Å². The number of hydrogen-bond acceptors (Lipinski definition) is 2. The minimum absolute atomic E-state index is 0. The van der Waals surface area contributed by atoms with Gasteiger partial charge in [0, 0.05) is 29.6 Å². The summed E-state index contributed by atoms with van der Waals surface area (Å²) in [5, 5.41) is 4.96. The van der Waals surface area contributed by atoms with Gasteiger partial charge >= 0.3 is 0 Å². The summed E-state index contributed by atoms with van der Waals surface area (Å²) in [5.41, 5.74) is 7.05. The molecule has 28 heavy (non-hydrogen) atoms. The van der Waals surface area contributed by atoms with Crippen molar-refractivity contribution in [3.05, 3.63) is 64.8 Å². The molecule has 0 saturated carbocycles. The molecule has 0 spiro atoms. The minimum atomic E-state index is 0. The average molecular weight is 399 g/mol. The van der Waals surface area contributed by atoms with Gasteiger partial charge in [0.1, 0.15) is 5.75 Å². The Labute approximate surface area is 174 Å². The van der Waals surface area contributed by atoms with Crippen LogP contribution in [0, 0.1) is 0 Å². The van der Waals surface area contributed by atoms with Crippen LogP contribution in [0.5, 0.6) is 5.75 Å². The van der Waals surface area contributed by atoms with Crippen LogP contribution in [-0.4, -0.2) is 24.7 Å². The zero-order valence-electron chi connectivity index (χ0n) is 16.9. The fourth-order valence-electron chi connectivity index (χ4n) is 4.10. The number of aromatic nitrogens is 1. The van der Waals surface area contributed by atoms with E-state index in [4.69, 9.17) is 4.74 Å². The lowest BCUT2D eigenvalue weighted by Crippen LogP contribution is -2.16. The number of nitrogens with one attached hydrogen (secondary N) is 2. The third-order valence-corrected chi connectivity index (χ3v) is 5.61. The molecule has 2 heterocycles. The minimum Gasteiger partial charge on any atom is -0.494 e. The summed E-state index contributed by atoms with van der Waals surface area (Å²) in [6, 6.07) is 15.2. The van der Waals surface area contributed by atoms with Crippen LogP contribution in [0.3, 0.4) is 0 Å². The van der Waals surface area contributed by atoms with Crippen LogP contribution < -0.4 is 10.1 Å². The van der Waals surface area contributed by atoms with Crippen molar-refractivity contribution in [1.82, 2.24) is 10.3 Å². The predicted octanol–water partition coefficient (Wildman–Crippen LogP) is 5.41. The molecule has 0 fully saturated rings. The number of H-pyrrole nitrogens is 1. The largest absolute Gasteiger partial charge is 0.494 e. The molecule has 2 aromatic carbocycles. The van der Waals surface area contributed by atoms with E-state index in [1.54, 1.807) is 0 Å². The van der Waals surface area contributed by atoms with Crippen molar-refractivity contribution in [2.45, 2.75) is 45.4 Å². The highest BCUT2D eigenvalue weighted by atomic mass is 35.5. The first-order valence-corrected chi connectivity index (χ1v) is 10.3. The van der Waals surface area contributed by atoms with Crippen molar-refractivity contribution in [1.29, 1.82) is 0 Å². The van der Waals surface area contributed by atoms with E-state index in [-0.39, 0.29) is 12.4 Å². The number of fused-ring (bicyclic) bond motifs is 3. The number of hydrogen-bond donors (Lipinski definition) is 2. The highest BCUT2D eigenvalue weighted by Crippen LogP contribution is 2.28. The maximum atomic E-state index is 5.97. The molecule has 150 valence electrons. The van der Waals surface area contributed by atoms with Crippen LogP contribution in [0.4, 0.5) is 0 Å². The van der Waals surface area contributed by atoms with E-state index in [1.165, 1.54) is 33.3 Å². The molecule has 0 bridgehead atoms. The summed E-state index contributed by atoms with van der Waals surface area (Å²) in [5.74, 6) is 1.53. The second-order valence-electron chi connectivity index (χ2n) is 7.85. The van der Waals surface area contributed by atoms with Gasteiger partial charge in [-0.05, 0) is 66.6 Å². The molecule has 0 unspecified atom stereocenters. The SMILES string of the molecule is CC(C)c1ccc(OCCCc2cccc3[nH]c4c(c23)CCNCC4)cc1.Cl. The maximum absolute atomic E-state index is 5.97. The van der Waals surface area contributed by atoms with Crippen LogP contribution in [0.15, 0.2) is 42.5 Å². The molecule has 1 aromatic heterocycles. The molecular formula is C24H31ClN2O. The second-order valence-corrected chi connectivity index (χ2v) is 7.85. The van der Waals surface area contributed by atoms with E-state index in [1.807, 2.05) is 0 Å². The lowest BCUT2D eigenvalue weighted by molar-refractivity contribution is 0.311. The van der Waals surface area contributed by atoms with Crippen molar-refractivity contribution < 1.29 is 4.74 Å². The number of halogens is 1. The Kier molecular flexibility index (Phi) is 7.03. The van der Waals surface area contributed by atoms with Crippen LogP contribution in [0.2, 0.25) is 0 Å². The van der Waals surface area contributed by atoms with Crippen molar-refractivity contribution >= 4 is 23.3 Å². The smallest absolute Gasteiger partial charge is 0.119 e. The normalized spacial score (nSPS) is 13.8. The molecule has 0 atom stereocenters. The summed E-state index contributed by atoms with van der Waals surface area (Å²) in [6.07, 6.45) is 4.30. The molecule has 4 rings (SSSR count). The Bertz CT molecular complexity index is 899. The number of rotatable bonds is 6. The van der Waals surface area contributed by atoms with E-state index in [9.17, 15) is 0 Å². The fourth-order valence-corrected chi connectivity index (χ4v) is 4.10. The topological polar surface area (TPSA) is 37.0 Å². The highest BCUT2D eigenvalue weighted by molar-refractivity contribution is 5.88. The van der Waals surface area contributed by atoms with Crippen LogP contribution in [0.1, 0.15) is 48.6 Å². The summed E-state index contributed by atoms with van der Waals surface area (Å²) in [4.78, 5) is 3.66. The van der Waals surface area contributed by atoms with Gasteiger partial charge < -0.3 is 15.0 Å². The highest BCUT2D eigenvalue weighted by Gasteiger charge is 2.16. The zero-order valence-corrected chi connectivity index (χ0v) is 17.7. The van der Waals surface area contributed by atoms with E-state index in [2.05, 4.69) is 66.6 Å². The predicted molar refractivity (Wildman–Crippen MR) is 120 cm³/mol. The lowest BCUT2D eigenvalue weighted by atomic mass is 9.99. The fraction of sp³-hybridized carbons (Fsp3) is 0.417. The molecule has 4 heteroatoms. The van der Waals surface area contributed by atoms with Crippen LogP contribution in [0.25, 0.3) is 10.9 Å². The van der Waals surface area contributed by atoms with Crippen molar-refractivity contribution in [3.63, 3.8) is 0 Å². The second kappa shape index (κ2) is 9.49. The maximum Gasteiger partial charge on any atom is 0.119 e. The third-order valence-electron chi connectivity index (χ3n) is 5.61. The van der Waals surface area contributed by atoms with Crippen molar-refractivity contribution in [2.75, 3.05) is 19.7 Å². The molecular weight excluding hydrogens is 368 g/mol. The van der Waals surface area contributed by atoms with Gasteiger partial charge in [0.05, 0.1) is 6.61 Å². The number of aryl methyl sites for hydroxylation is 1. The Balaban J connectivity index is 0.00000225. The monoisotopic (exact) mass is 398 g/mol. The zero-order chi connectivity index (χ0) is 18.6. The molecule has 3 aromatic rings. The quantitative estimate of drug-likeness (QED) is 0.544. The molecule has 0 saturated heterocycles. The van der Waals surface area contributed by atoms with E-state index in [0.717, 1.165) is 51.1 Å². The first kappa shape index (κ1) is 20.8. The Morgan fingerprint density at radius 2 is 1.79 bits per heavy atom. The number of benzene rings is 2. The molecule has 3 nitrogen and oxygen atoms in total. The molecule has 0 amide bonds. The lowest BCUT2D eigenvalue weighted by Gasteiger charge is -2.10. The molecule has 1 aliphatic rings. The van der Waals surface area contributed by atoms with Gasteiger partial charge in [-0.15, -0.1) is 12.4 Å². The number of aromatic amines is 1. The Hall–Kier alpha value is -1.97. The molecule has 2 N–H and O–H groups in total. The first-order valence-electron chi connectivity index (χ1n) is 10.3. The molecule has 0 radical (unpaired) electrons. The Morgan fingerprint density at radius 1 is 1.00 bits per heavy atom. The summed E-state index contributed by atoms with van der Waals surface area (Å²) >= 11 is 0. The van der Waals surface area contributed by atoms with Gasteiger partial charge in [-0.25, -0.2) is 0 Å². The molecule has 0 aliphatic carbocycles. The van der Waals surface area contributed by atoms with E-state index in [0.29, 0.717) is 5.92 Å². The van der Waals surface area contributed by atoms with Gasteiger partial charge in [-0.2, -0.15) is 0 Å². The average Bonchev–Trinajstić information content (AvgIpc) is 2.88. The van der Waals surface area contributed by atoms with Gasteiger partial charge in [0.2, 0.25) is 0 Å². The van der Waals surface area contributed by atoms with Gasteiger partial charge in [0.25, 0.3) is 0 Å². The summed E-state index contributed by atoms with van der Waals surface area (Å²) in [6.45, 7) is 7.33. The van der Waals surface area contributed by atoms with Gasteiger partial charge in [0.15, 0.2) is 0 Å². The Morgan fingerprint density at radius 3 is 2.57 bits per heavy atom. The van der Waals surface area contributed by atoms with Crippen LogP contribution in [-0.2, 0) is 19.3 Å². The third kappa shape index (κ3) is 4.53. The molecule has 1 aliphatic heterocycles.